The maximum atomic E-state index is 13.0. The molecule has 0 aliphatic heterocycles. The largest absolute Gasteiger partial charge is 0.421 e. The second-order valence-electron chi connectivity index (χ2n) is 5.92. The topological polar surface area (TPSA) is 52.1 Å². The van der Waals surface area contributed by atoms with Gasteiger partial charge in [0, 0.05) is 5.75 Å². The van der Waals surface area contributed by atoms with Crippen LogP contribution in [0.2, 0.25) is 5.02 Å². The van der Waals surface area contributed by atoms with Crippen molar-refractivity contribution >= 4 is 29.3 Å². The van der Waals surface area contributed by atoms with Crippen molar-refractivity contribution in [3.05, 3.63) is 81.9 Å². The van der Waals surface area contributed by atoms with Crippen LogP contribution in [0.3, 0.4) is 0 Å². The van der Waals surface area contributed by atoms with Gasteiger partial charge in [-0.3, -0.25) is 0 Å². The number of carbonyl (C=O) groups excluding carboxylic acids is 1. The van der Waals surface area contributed by atoms with Crippen molar-refractivity contribution in [1.82, 2.24) is 9.97 Å². The molecular weight excluding hydrogens is 387 g/mol. The van der Waals surface area contributed by atoms with E-state index in [4.69, 9.17) is 16.3 Å². The van der Waals surface area contributed by atoms with E-state index in [2.05, 4.69) is 9.97 Å². The van der Waals surface area contributed by atoms with Gasteiger partial charge in [-0.25, -0.2) is 19.2 Å². The van der Waals surface area contributed by atoms with Gasteiger partial charge in [0.2, 0.25) is 0 Å². The number of carbonyl (C=O) groups is 1. The van der Waals surface area contributed by atoms with Crippen LogP contribution >= 0.6 is 23.4 Å². The number of aryl methyl sites for hydroxylation is 2. The van der Waals surface area contributed by atoms with Crippen molar-refractivity contribution in [2.75, 3.05) is 0 Å². The van der Waals surface area contributed by atoms with E-state index in [1.54, 1.807) is 18.2 Å². The first kappa shape index (κ1) is 19.3. The lowest BCUT2D eigenvalue weighted by Crippen LogP contribution is -2.13. The Kier molecular flexibility index (Phi) is 6.08. The molecule has 1 heterocycles. The SMILES string of the molecule is Cc1ccc(OC(=O)c2nc(SCc3ccc(F)cc3)ncc2Cl)c(C)c1. The molecule has 3 aromatic rings. The van der Waals surface area contributed by atoms with Crippen LogP contribution in [0.1, 0.15) is 27.2 Å². The smallest absolute Gasteiger partial charge is 0.364 e. The van der Waals surface area contributed by atoms with Crippen molar-refractivity contribution in [3.63, 3.8) is 0 Å². The highest BCUT2D eigenvalue weighted by atomic mass is 35.5. The summed E-state index contributed by atoms with van der Waals surface area (Å²) >= 11 is 7.40. The number of ether oxygens (including phenoxy) is 1. The summed E-state index contributed by atoms with van der Waals surface area (Å²) in [6.07, 6.45) is 1.38. The van der Waals surface area contributed by atoms with Gasteiger partial charge in [-0.15, -0.1) is 0 Å². The van der Waals surface area contributed by atoms with Crippen LogP contribution in [-0.2, 0) is 5.75 Å². The predicted octanol–water partition coefficient (Wildman–Crippen LogP) is 5.40. The molecule has 27 heavy (non-hydrogen) atoms. The maximum absolute atomic E-state index is 13.0. The van der Waals surface area contributed by atoms with E-state index in [1.807, 2.05) is 26.0 Å². The van der Waals surface area contributed by atoms with Gasteiger partial charge < -0.3 is 4.74 Å². The summed E-state index contributed by atoms with van der Waals surface area (Å²) in [5, 5.41) is 0.507. The molecule has 0 saturated heterocycles. The molecule has 0 bridgehead atoms. The van der Waals surface area contributed by atoms with Crippen molar-refractivity contribution in [1.29, 1.82) is 0 Å². The van der Waals surface area contributed by atoms with Gasteiger partial charge in [0.25, 0.3) is 0 Å². The van der Waals surface area contributed by atoms with Crippen molar-refractivity contribution < 1.29 is 13.9 Å². The standard InChI is InChI=1S/C20H16ClFN2O2S/c1-12-3-8-17(13(2)9-12)26-19(25)18-16(21)10-23-20(24-18)27-11-14-4-6-15(22)7-5-14/h3-10H,11H2,1-2H3. The zero-order chi connectivity index (χ0) is 19.4. The molecule has 4 nitrogen and oxygen atoms in total. The number of halogens is 2. The molecule has 0 aliphatic rings. The quantitative estimate of drug-likeness (QED) is 0.247. The zero-order valence-corrected chi connectivity index (χ0v) is 16.3. The van der Waals surface area contributed by atoms with Gasteiger partial charge in [-0.05, 0) is 43.2 Å². The second kappa shape index (κ2) is 8.50. The van der Waals surface area contributed by atoms with E-state index >= 15 is 0 Å². The average Bonchev–Trinajstić information content (AvgIpc) is 2.64. The van der Waals surface area contributed by atoms with Crippen LogP contribution in [0.5, 0.6) is 5.75 Å². The highest BCUT2D eigenvalue weighted by Crippen LogP contribution is 2.24. The first-order valence-electron chi connectivity index (χ1n) is 8.11. The van der Waals surface area contributed by atoms with Gasteiger partial charge >= 0.3 is 5.97 Å². The van der Waals surface area contributed by atoms with Gasteiger partial charge in [-0.1, -0.05) is 53.2 Å². The molecule has 0 atom stereocenters. The zero-order valence-electron chi connectivity index (χ0n) is 14.7. The average molecular weight is 403 g/mol. The number of thioether (sulfide) groups is 1. The van der Waals surface area contributed by atoms with E-state index in [0.717, 1.165) is 16.7 Å². The molecule has 7 heteroatoms. The molecule has 138 valence electrons. The van der Waals surface area contributed by atoms with Gasteiger partial charge in [0.15, 0.2) is 10.9 Å². The monoisotopic (exact) mass is 402 g/mol. The number of nitrogens with zero attached hydrogens (tertiary/aromatic N) is 2. The third kappa shape index (κ3) is 5.05. The lowest BCUT2D eigenvalue weighted by molar-refractivity contribution is 0.0726. The Morgan fingerprint density at radius 1 is 1.19 bits per heavy atom. The van der Waals surface area contributed by atoms with E-state index in [1.165, 1.54) is 30.1 Å². The van der Waals surface area contributed by atoms with Crippen molar-refractivity contribution in [2.45, 2.75) is 24.8 Å². The van der Waals surface area contributed by atoms with E-state index < -0.39 is 5.97 Å². The predicted molar refractivity (Wildman–Crippen MR) is 104 cm³/mol. The third-order valence-corrected chi connectivity index (χ3v) is 4.94. The lowest BCUT2D eigenvalue weighted by atomic mass is 10.1. The fourth-order valence-corrected chi connectivity index (χ4v) is 3.29. The number of hydrogen-bond donors (Lipinski definition) is 0. The molecule has 0 spiro atoms. The number of hydrogen-bond acceptors (Lipinski definition) is 5. The van der Waals surface area contributed by atoms with E-state index in [-0.39, 0.29) is 16.5 Å². The van der Waals surface area contributed by atoms with Crippen LogP contribution in [0, 0.1) is 19.7 Å². The number of esters is 1. The van der Waals surface area contributed by atoms with Crippen molar-refractivity contribution in [2.24, 2.45) is 0 Å². The third-order valence-electron chi connectivity index (χ3n) is 3.73. The Bertz CT molecular complexity index is 980. The Balaban J connectivity index is 1.74. The fraction of sp³-hybridized carbons (Fsp3) is 0.150. The summed E-state index contributed by atoms with van der Waals surface area (Å²) in [7, 11) is 0. The summed E-state index contributed by atoms with van der Waals surface area (Å²) in [4.78, 5) is 20.8. The minimum absolute atomic E-state index is 0.00764. The number of benzene rings is 2. The molecule has 0 unspecified atom stereocenters. The highest BCUT2D eigenvalue weighted by Gasteiger charge is 2.18. The lowest BCUT2D eigenvalue weighted by Gasteiger charge is -2.09. The molecule has 0 amide bonds. The first-order chi connectivity index (χ1) is 12.9. The molecule has 0 saturated carbocycles. The molecule has 0 aliphatic carbocycles. The Morgan fingerprint density at radius 2 is 1.93 bits per heavy atom. The number of rotatable bonds is 5. The molecule has 0 fully saturated rings. The van der Waals surface area contributed by atoms with Gasteiger partial charge in [0.1, 0.15) is 11.6 Å². The molecule has 1 aromatic heterocycles. The Hall–Kier alpha value is -2.44. The van der Waals surface area contributed by atoms with Crippen LogP contribution in [0.25, 0.3) is 0 Å². The maximum Gasteiger partial charge on any atom is 0.364 e. The van der Waals surface area contributed by atoms with E-state index in [9.17, 15) is 9.18 Å². The molecule has 0 radical (unpaired) electrons. The summed E-state index contributed by atoms with van der Waals surface area (Å²) in [6.45, 7) is 3.83. The summed E-state index contributed by atoms with van der Waals surface area (Å²) < 4.78 is 18.4. The summed E-state index contributed by atoms with van der Waals surface area (Å²) in [6, 6.07) is 11.7. The minimum atomic E-state index is -0.641. The van der Waals surface area contributed by atoms with Crippen LogP contribution < -0.4 is 4.74 Å². The number of aromatic nitrogens is 2. The van der Waals surface area contributed by atoms with Gasteiger partial charge in [0.05, 0.1) is 11.2 Å². The molecule has 3 rings (SSSR count). The van der Waals surface area contributed by atoms with Crippen LogP contribution in [-0.4, -0.2) is 15.9 Å². The Morgan fingerprint density at radius 3 is 2.63 bits per heavy atom. The molecule has 0 N–H and O–H groups in total. The summed E-state index contributed by atoms with van der Waals surface area (Å²) in [5.41, 5.74) is 2.85. The highest BCUT2D eigenvalue weighted by molar-refractivity contribution is 7.98. The molecule has 2 aromatic carbocycles. The van der Waals surface area contributed by atoms with E-state index in [0.29, 0.717) is 16.7 Å². The van der Waals surface area contributed by atoms with Crippen LogP contribution in [0.4, 0.5) is 4.39 Å². The minimum Gasteiger partial charge on any atom is -0.421 e. The van der Waals surface area contributed by atoms with Crippen molar-refractivity contribution in [3.8, 4) is 5.75 Å². The first-order valence-corrected chi connectivity index (χ1v) is 9.48. The fourth-order valence-electron chi connectivity index (χ4n) is 2.35. The molecular formula is C20H16ClFN2O2S. The van der Waals surface area contributed by atoms with Crippen LogP contribution in [0.15, 0.2) is 53.8 Å². The Labute approximate surface area is 165 Å². The van der Waals surface area contributed by atoms with Gasteiger partial charge in [-0.2, -0.15) is 0 Å². The normalized spacial score (nSPS) is 10.7. The summed E-state index contributed by atoms with van der Waals surface area (Å²) in [5.74, 6) is 0.0645. The second-order valence-corrected chi connectivity index (χ2v) is 7.27.